The van der Waals surface area contributed by atoms with Crippen LogP contribution in [-0.2, 0) is 22.2 Å². The summed E-state index contributed by atoms with van der Waals surface area (Å²) in [6.07, 6.45) is -4.18. The maximum atomic E-state index is 12.8. The number of fused-ring (bicyclic) bond motifs is 1. The molecule has 0 aliphatic carbocycles. The van der Waals surface area contributed by atoms with Crippen LogP contribution in [0.25, 0.3) is 0 Å². The molecule has 0 unspecified atom stereocenters. The minimum atomic E-state index is -4.53. The van der Waals surface area contributed by atoms with Crippen molar-refractivity contribution in [3.8, 4) is 5.75 Å². The Balaban J connectivity index is 1.64. The Hall–Kier alpha value is -2.74. The lowest BCUT2D eigenvalue weighted by atomic mass is 10.1. The Morgan fingerprint density at radius 1 is 1.22 bits per heavy atom. The number of halogens is 4. The highest BCUT2D eigenvalue weighted by Crippen LogP contribution is 2.34. The molecule has 1 aliphatic heterocycles. The average molecular weight is 399 g/mol. The van der Waals surface area contributed by atoms with Gasteiger partial charge in [-0.15, -0.1) is 0 Å². The third-order valence-corrected chi connectivity index (χ3v) is 4.21. The number of alkyl halides is 3. The summed E-state index contributed by atoms with van der Waals surface area (Å²) in [5, 5.41) is 5.08. The van der Waals surface area contributed by atoms with Crippen molar-refractivity contribution in [3.63, 3.8) is 0 Å². The number of hydrogen-bond acceptors (Lipinski definition) is 3. The smallest absolute Gasteiger partial charge is 0.416 e. The molecule has 0 saturated carbocycles. The predicted molar refractivity (Wildman–Crippen MR) is 94.0 cm³/mol. The van der Waals surface area contributed by atoms with Gasteiger partial charge in [0.1, 0.15) is 5.75 Å². The average Bonchev–Trinajstić information content (AvgIpc) is 2.60. The zero-order chi connectivity index (χ0) is 19.6. The highest BCUT2D eigenvalue weighted by atomic mass is 35.5. The van der Waals surface area contributed by atoms with Gasteiger partial charge in [0.05, 0.1) is 22.0 Å². The number of aryl methyl sites for hydroxylation is 1. The summed E-state index contributed by atoms with van der Waals surface area (Å²) >= 11 is 5.86. The van der Waals surface area contributed by atoms with E-state index in [1.807, 2.05) is 0 Å². The molecule has 0 radical (unpaired) electrons. The molecule has 9 heteroatoms. The van der Waals surface area contributed by atoms with Crippen molar-refractivity contribution in [2.24, 2.45) is 0 Å². The normalized spacial score (nSPS) is 13.4. The molecule has 1 heterocycles. The van der Waals surface area contributed by atoms with Crippen LogP contribution in [0.3, 0.4) is 0 Å². The van der Waals surface area contributed by atoms with E-state index in [9.17, 15) is 22.8 Å². The molecule has 2 amide bonds. The lowest BCUT2D eigenvalue weighted by molar-refractivity contribution is -0.137. The van der Waals surface area contributed by atoms with Gasteiger partial charge in [-0.05, 0) is 42.3 Å². The molecule has 0 bridgehead atoms. The summed E-state index contributed by atoms with van der Waals surface area (Å²) < 4.78 is 43.6. The number of anilines is 2. The molecule has 142 valence electrons. The third kappa shape index (κ3) is 4.71. The first-order valence-electron chi connectivity index (χ1n) is 7.94. The van der Waals surface area contributed by atoms with Crippen molar-refractivity contribution >= 4 is 34.8 Å². The summed E-state index contributed by atoms with van der Waals surface area (Å²) in [5.41, 5.74) is 0.296. The van der Waals surface area contributed by atoms with Gasteiger partial charge in [0.25, 0.3) is 5.91 Å². The van der Waals surface area contributed by atoms with Crippen molar-refractivity contribution < 1.29 is 27.5 Å². The number of carbonyl (C=O) groups excluding carboxylic acids is 2. The van der Waals surface area contributed by atoms with Gasteiger partial charge in [0.15, 0.2) is 6.61 Å². The zero-order valence-electron chi connectivity index (χ0n) is 13.8. The molecule has 0 atom stereocenters. The molecular weight excluding hydrogens is 385 g/mol. The topological polar surface area (TPSA) is 67.4 Å². The lowest BCUT2D eigenvalue weighted by Crippen LogP contribution is -2.25. The van der Waals surface area contributed by atoms with Crippen molar-refractivity contribution in [1.29, 1.82) is 0 Å². The van der Waals surface area contributed by atoms with E-state index in [-0.39, 0.29) is 29.6 Å². The summed E-state index contributed by atoms with van der Waals surface area (Å²) in [6.45, 7) is -0.0491. The van der Waals surface area contributed by atoms with E-state index in [0.717, 1.165) is 23.8 Å². The molecule has 2 N–H and O–H groups in total. The second-order valence-corrected chi connectivity index (χ2v) is 6.32. The first-order chi connectivity index (χ1) is 12.7. The van der Waals surface area contributed by atoms with Crippen molar-refractivity contribution in [2.75, 3.05) is 17.2 Å². The number of carbonyl (C=O) groups is 2. The molecular formula is C18H14ClF3N2O3. The first-order valence-corrected chi connectivity index (χ1v) is 8.32. The van der Waals surface area contributed by atoms with Crippen LogP contribution in [0, 0.1) is 0 Å². The molecule has 3 rings (SSSR count). The number of ether oxygens (including phenoxy) is 1. The van der Waals surface area contributed by atoms with E-state index >= 15 is 0 Å². The molecule has 2 aromatic rings. The molecule has 1 aliphatic rings. The van der Waals surface area contributed by atoms with Crippen LogP contribution in [0.1, 0.15) is 17.5 Å². The second-order valence-electron chi connectivity index (χ2n) is 5.91. The maximum Gasteiger partial charge on any atom is 0.416 e. The van der Waals surface area contributed by atoms with E-state index in [0.29, 0.717) is 17.9 Å². The van der Waals surface area contributed by atoms with E-state index < -0.39 is 17.6 Å². The van der Waals surface area contributed by atoms with Crippen LogP contribution in [0.2, 0.25) is 5.02 Å². The third-order valence-electron chi connectivity index (χ3n) is 3.89. The van der Waals surface area contributed by atoms with E-state index in [2.05, 4.69) is 10.6 Å². The lowest BCUT2D eigenvalue weighted by Gasteiger charge is -2.18. The molecule has 0 saturated heterocycles. The summed E-state index contributed by atoms with van der Waals surface area (Å²) in [6, 6.07) is 7.86. The van der Waals surface area contributed by atoms with Crippen LogP contribution < -0.4 is 15.4 Å². The van der Waals surface area contributed by atoms with Gasteiger partial charge < -0.3 is 15.4 Å². The summed E-state index contributed by atoms with van der Waals surface area (Å²) in [4.78, 5) is 23.4. The van der Waals surface area contributed by atoms with Crippen LogP contribution in [0.15, 0.2) is 36.4 Å². The fourth-order valence-corrected chi connectivity index (χ4v) is 2.72. The fraction of sp³-hybridized carbons (Fsp3) is 0.222. The highest BCUT2D eigenvalue weighted by Gasteiger charge is 2.31. The number of amides is 2. The summed E-state index contributed by atoms with van der Waals surface area (Å²) in [7, 11) is 0. The Labute approximate surface area is 157 Å². The fourth-order valence-electron chi connectivity index (χ4n) is 2.55. The second kappa shape index (κ2) is 7.48. The van der Waals surface area contributed by atoms with Gasteiger partial charge in [-0.1, -0.05) is 17.7 Å². The van der Waals surface area contributed by atoms with Gasteiger partial charge in [-0.3, -0.25) is 9.59 Å². The molecule has 0 spiro atoms. The van der Waals surface area contributed by atoms with Crippen LogP contribution >= 0.6 is 11.6 Å². The van der Waals surface area contributed by atoms with Crippen LogP contribution in [-0.4, -0.2) is 18.4 Å². The zero-order valence-corrected chi connectivity index (χ0v) is 14.6. The Morgan fingerprint density at radius 2 is 2.00 bits per heavy atom. The first kappa shape index (κ1) is 19.0. The number of rotatable bonds is 4. The largest absolute Gasteiger partial charge is 0.482 e. The highest BCUT2D eigenvalue weighted by molar-refractivity contribution is 6.33. The molecule has 27 heavy (non-hydrogen) atoms. The van der Waals surface area contributed by atoms with Gasteiger partial charge in [0, 0.05) is 6.42 Å². The monoisotopic (exact) mass is 398 g/mol. The Bertz CT molecular complexity index is 900. The van der Waals surface area contributed by atoms with Gasteiger partial charge in [-0.25, -0.2) is 0 Å². The Kier molecular flexibility index (Phi) is 5.27. The number of hydrogen-bond donors (Lipinski definition) is 2. The van der Waals surface area contributed by atoms with Crippen LogP contribution in [0.4, 0.5) is 24.5 Å². The predicted octanol–water partition coefficient (Wildman–Crippen LogP) is 4.26. The van der Waals surface area contributed by atoms with E-state index in [4.69, 9.17) is 16.3 Å². The summed E-state index contributed by atoms with van der Waals surface area (Å²) in [5.74, 6) is -0.204. The maximum absolute atomic E-state index is 12.8. The number of nitrogens with one attached hydrogen (secondary N) is 2. The molecule has 0 aromatic heterocycles. The minimum absolute atomic E-state index is 0.0185. The minimum Gasteiger partial charge on any atom is -0.482 e. The molecule has 0 fully saturated rings. The van der Waals surface area contributed by atoms with Crippen molar-refractivity contribution in [1.82, 2.24) is 0 Å². The Morgan fingerprint density at radius 3 is 2.74 bits per heavy atom. The van der Waals surface area contributed by atoms with E-state index in [1.165, 1.54) is 0 Å². The number of benzene rings is 2. The van der Waals surface area contributed by atoms with Gasteiger partial charge >= 0.3 is 6.18 Å². The SMILES string of the molecule is O=C(CCc1ccc2c(c1)NC(=O)CO2)Nc1cc(C(F)(F)F)ccc1Cl. The quantitative estimate of drug-likeness (QED) is 0.808. The standard InChI is InChI=1S/C18H14ClF3N2O3/c19-12-4-3-11(18(20,21)22)8-13(12)23-16(25)6-2-10-1-5-15-14(7-10)24-17(26)9-27-15/h1,3-5,7-8H,2,6,9H2,(H,23,25)(H,24,26). The van der Waals surface area contributed by atoms with Crippen LogP contribution in [0.5, 0.6) is 5.75 Å². The van der Waals surface area contributed by atoms with Crippen molar-refractivity contribution in [2.45, 2.75) is 19.0 Å². The van der Waals surface area contributed by atoms with Crippen molar-refractivity contribution in [3.05, 3.63) is 52.5 Å². The molecule has 5 nitrogen and oxygen atoms in total. The van der Waals surface area contributed by atoms with Gasteiger partial charge in [0.2, 0.25) is 5.91 Å². The van der Waals surface area contributed by atoms with Gasteiger partial charge in [-0.2, -0.15) is 13.2 Å². The van der Waals surface area contributed by atoms with E-state index in [1.54, 1.807) is 18.2 Å². The molecule has 2 aromatic carbocycles.